The molecule has 0 aliphatic heterocycles. The molecule has 1 aromatic carbocycles. The average molecular weight is 345 g/mol. The van der Waals surface area contributed by atoms with E-state index in [1.165, 1.54) is 33.3 Å². The molecule has 2 amide bonds. The van der Waals surface area contributed by atoms with Crippen LogP contribution < -0.4 is 15.4 Å². The lowest BCUT2D eigenvalue weighted by Crippen LogP contribution is -2.38. The third-order valence-corrected chi connectivity index (χ3v) is 3.02. The van der Waals surface area contributed by atoms with E-state index in [4.69, 9.17) is 21.4 Å². The zero-order chi connectivity index (χ0) is 17.6. The standard InChI is InChI=1S/C14H17ClN2O6/c1-7(18)6-16-12(19)13(20)17-10-5-11(22-2)8(4-9(10)15)14(21)23-3/h4-5,7,18H,6H2,1-3H3,(H,16,19)(H,17,20)/t7-/m0/s1. The predicted octanol–water partition coefficient (Wildman–Crippen LogP) is 0.571. The van der Waals surface area contributed by atoms with Gasteiger partial charge in [-0.25, -0.2) is 4.79 Å². The first kappa shape index (κ1) is 18.7. The van der Waals surface area contributed by atoms with E-state index < -0.39 is 23.9 Å². The monoisotopic (exact) mass is 344 g/mol. The molecule has 23 heavy (non-hydrogen) atoms. The van der Waals surface area contributed by atoms with Crippen molar-refractivity contribution in [3.8, 4) is 5.75 Å². The van der Waals surface area contributed by atoms with Gasteiger partial charge in [0.25, 0.3) is 0 Å². The highest BCUT2D eigenvalue weighted by Crippen LogP contribution is 2.31. The zero-order valence-electron chi connectivity index (χ0n) is 12.8. The number of aliphatic hydroxyl groups is 1. The quantitative estimate of drug-likeness (QED) is 0.531. The summed E-state index contributed by atoms with van der Waals surface area (Å²) in [5, 5.41) is 13.6. The van der Waals surface area contributed by atoms with Gasteiger partial charge in [0.2, 0.25) is 0 Å². The second-order valence-electron chi connectivity index (χ2n) is 4.54. The first-order chi connectivity index (χ1) is 10.8. The summed E-state index contributed by atoms with van der Waals surface area (Å²) in [6.07, 6.45) is -0.783. The normalized spacial score (nSPS) is 11.3. The van der Waals surface area contributed by atoms with Crippen molar-refractivity contribution < 1.29 is 29.0 Å². The molecule has 0 radical (unpaired) electrons. The van der Waals surface area contributed by atoms with Crippen molar-refractivity contribution in [3.05, 3.63) is 22.7 Å². The number of carbonyl (C=O) groups excluding carboxylic acids is 3. The van der Waals surface area contributed by atoms with E-state index in [9.17, 15) is 14.4 Å². The summed E-state index contributed by atoms with van der Waals surface area (Å²) in [4.78, 5) is 34.9. The Morgan fingerprint density at radius 3 is 2.43 bits per heavy atom. The number of hydrogen-bond acceptors (Lipinski definition) is 6. The van der Waals surface area contributed by atoms with E-state index >= 15 is 0 Å². The van der Waals surface area contributed by atoms with Crippen molar-refractivity contribution in [1.82, 2.24) is 5.32 Å². The number of benzene rings is 1. The highest BCUT2D eigenvalue weighted by molar-refractivity contribution is 6.41. The minimum Gasteiger partial charge on any atom is -0.496 e. The van der Waals surface area contributed by atoms with Gasteiger partial charge in [0.05, 0.1) is 31.0 Å². The fraction of sp³-hybridized carbons (Fsp3) is 0.357. The number of hydrogen-bond donors (Lipinski definition) is 3. The van der Waals surface area contributed by atoms with E-state index in [2.05, 4.69) is 15.4 Å². The molecule has 0 saturated heterocycles. The number of amides is 2. The Morgan fingerprint density at radius 1 is 1.26 bits per heavy atom. The van der Waals surface area contributed by atoms with Crippen LogP contribution in [0.3, 0.4) is 0 Å². The Bertz CT molecular complexity index is 618. The molecule has 126 valence electrons. The maximum atomic E-state index is 11.8. The smallest absolute Gasteiger partial charge is 0.341 e. The summed E-state index contributed by atoms with van der Waals surface area (Å²) in [5.74, 6) is -2.43. The van der Waals surface area contributed by atoms with Gasteiger partial charge >= 0.3 is 17.8 Å². The lowest BCUT2D eigenvalue weighted by Gasteiger charge is -2.12. The number of halogens is 1. The van der Waals surface area contributed by atoms with Crippen LogP contribution in [0.1, 0.15) is 17.3 Å². The Kier molecular flexibility index (Phi) is 6.80. The molecule has 0 aromatic heterocycles. The van der Waals surface area contributed by atoms with E-state index in [-0.39, 0.29) is 28.6 Å². The Hall–Kier alpha value is -2.32. The highest BCUT2D eigenvalue weighted by atomic mass is 35.5. The number of methoxy groups -OCH3 is 2. The molecule has 9 heteroatoms. The Morgan fingerprint density at radius 2 is 1.91 bits per heavy atom. The number of esters is 1. The van der Waals surface area contributed by atoms with Crippen molar-refractivity contribution in [2.45, 2.75) is 13.0 Å². The molecule has 1 atom stereocenters. The molecule has 0 aliphatic carbocycles. The maximum absolute atomic E-state index is 11.8. The molecule has 1 aromatic rings. The van der Waals surface area contributed by atoms with E-state index in [1.807, 2.05) is 0 Å². The van der Waals surface area contributed by atoms with Gasteiger partial charge < -0.3 is 25.2 Å². The predicted molar refractivity (Wildman–Crippen MR) is 82.7 cm³/mol. The van der Waals surface area contributed by atoms with Crippen molar-refractivity contribution in [2.75, 3.05) is 26.1 Å². The second-order valence-corrected chi connectivity index (χ2v) is 4.94. The maximum Gasteiger partial charge on any atom is 0.341 e. The molecule has 0 unspecified atom stereocenters. The van der Waals surface area contributed by atoms with Gasteiger partial charge in [-0.05, 0) is 13.0 Å². The number of carbonyl (C=O) groups is 3. The lowest BCUT2D eigenvalue weighted by atomic mass is 10.1. The molecule has 0 aliphatic rings. The van der Waals surface area contributed by atoms with Crippen LogP contribution in [0.2, 0.25) is 5.02 Å². The van der Waals surface area contributed by atoms with E-state index in [0.29, 0.717) is 0 Å². The Balaban J connectivity index is 2.94. The van der Waals surface area contributed by atoms with E-state index in [0.717, 1.165) is 0 Å². The summed E-state index contributed by atoms with van der Waals surface area (Å²) in [6.45, 7) is 1.40. The Labute approximate surface area is 137 Å². The topological polar surface area (TPSA) is 114 Å². The number of rotatable bonds is 5. The molecular weight excluding hydrogens is 328 g/mol. The van der Waals surface area contributed by atoms with Crippen molar-refractivity contribution in [2.24, 2.45) is 0 Å². The molecule has 3 N–H and O–H groups in total. The number of ether oxygens (including phenoxy) is 2. The van der Waals surface area contributed by atoms with Crippen LogP contribution in [-0.2, 0) is 14.3 Å². The van der Waals surface area contributed by atoms with Crippen LogP contribution in [0, 0.1) is 0 Å². The molecular formula is C14H17ClN2O6. The molecule has 0 bridgehead atoms. The SMILES string of the molecule is COC(=O)c1cc(Cl)c(NC(=O)C(=O)NC[C@H](C)O)cc1OC. The van der Waals surface area contributed by atoms with Crippen molar-refractivity contribution in [3.63, 3.8) is 0 Å². The lowest BCUT2D eigenvalue weighted by molar-refractivity contribution is -0.136. The largest absolute Gasteiger partial charge is 0.496 e. The highest BCUT2D eigenvalue weighted by Gasteiger charge is 2.20. The number of anilines is 1. The van der Waals surface area contributed by atoms with Crippen LogP contribution in [0.25, 0.3) is 0 Å². The van der Waals surface area contributed by atoms with Gasteiger partial charge in [-0.15, -0.1) is 0 Å². The molecule has 0 fully saturated rings. The second kappa shape index (κ2) is 8.35. The third kappa shape index (κ3) is 5.11. The van der Waals surface area contributed by atoms with Crippen LogP contribution in [-0.4, -0.2) is 49.8 Å². The number of aliphatic hydroxyl groups excluding tert-OH is 1. The average Bonchev–Trinajstić information content (AvgIpc) is 2.52. The van der Waals surface area contributed by atoms with Crippen LogP contribution in [0.15, 0.2) is 12.1 Å². The fourth-order valence-electron chi connectivity index (χ4n) is 1.59. The van der Waals surface area contributed by atoms with Gasteiger partial charge in [0.15, 0.2) is 0 Å². The molecule has 0 spiro atoms. The van der Waals surface area contributed by atoms with Gasteiger partial charge in [-0.2, -0.15) is 0 Å². The minimum absolute atomic E-state index is 0.0304. The van der Waals surface area contributed by atoms with Crippen LogP contribution in [0.4, 0.5) is 5.69 Å². The summed E-state index contributed by atoms with van der Waals surface area (Å²) in [5.41, 5.74) is 0.171. The third-order valence-electron chi connectivity index (χ3n) is 2.71. The first-order valence-electron chi connectivity index (χ1n) is 6.53. The van der Waals surface area contributed by atoms with Gasteiger partial charge in [0.1, 0.15) is 11.3 Å². The van der Waals surface area contributed by atoms with Crippen LogP contribution >= 0.6 is 11.6 Å². The molecule has 8 nitrogen and oxygen atoms in total. The molecule has 0 heterocycles. The summed E-state index contributed by atoms with van der Waals surface area (Å²) >= 11 is 5.99. The van der Waals surface area contributed by atoms with Crippen molar-refractivity contribution >= 4 is 35.1 Å². The summed E-state index contributed by atoms with van der Waals surface area (Å²) in [7, 11) is 2.54. The molecule has 1 rings (SSSR count). The van der Waals surface area contributed by atoms with Gasteiger partial charge in [0, 0.05) is 12.6 Å². The van der Waals surface area contributed by atoms with Gasteiger partial charge in [-0.3, -0.25) is 9.59 Å². The molecule has 0 saturated carbocycles. The summed E-state index contributed by atoms with van der Waals surface area (Å²) in [6, 6.07) is 2.56. The van der Waals surface area contributed by atoms with Gasteiger partial charge in [-0.1, -0.05) is 11.6 Å². The number of nitrogens with one attached hydrogen (secondary N) is 2. The van der Waals surface area contributed by atoms with Crippen molar-refractivity contribution in [1.29, 1.82) is 0 Å². The fourth-order valence-corrected chi connectivity index (χ4v) is 1.80. The minimum atomic E-state index is -0.972. The van der Waals surface area contributed by atoms with E-state index in [1.54, 1.807) is 0 Å². The summed E-state index contributed by atoms with van der Waals surface area (Å²) < 4.78 is 9.64. The van der Waals surface area contributed by atoms with Crippen LogP contribution in [0.5, 0.6) is 5.75 Å². The first-order valence-corrected chi connectivity index (χ1v) is 6.91. The zero-order valence-corrected chi connectivity index (χ0v) is 13.6.